The zero-order valence-electron chi connectivity index (χ0n) is 20.3. The molecular weight excluding hydrogens is 511 g/mol. The maximum atomic E-state index is 13.0. The number of nitrogens with one attached hydrogen (secondary N) is 2. The Balaban J connectivity index is 1.59. The number of anilines is 2. The van der Waals surface area contributed by atoms with Gasteiger partial charge < -0.3 is 25.2 Å². The number of aromatic nitrogens is 1. The first kappa shape index (κ1) is 27.8. The fourth-order valence-corrected chi connectivity index (χ4v) is 3.34. The standard InChI is InChI=1S/C25H25ClF3N5O3/c1-33(2)10-11-34(3)23(35)16-12-20(15-30-14-16)37-19-7-4-17(5-8-19)31-24(36)32-18-6-9-22(26)21(13-18)25(27,28)29/h4-9,12-15H,10-11H2,1-3H3,(H2,31,32,36). The first-order valence-corrected chi connectivity index (χ1v) is 11.4. The molecule has 0 atom stereocenters. The number of urea groups is 1. The van der Waals surface area contributed by atoms with Gasteiger partial charge in [-0.2, -0.15) is 13.2 Å². The Morgan fingerprint density at radius 1 is 0.919 bits per heavy atom. The number of ether oxygens (including phenoxy) is 1. The number of rotatable bonds is 8. The van der Waals surface area contributed by atoms with Crippen LogP contribution in [0.4, 0.5) is 29.3 Å². The third kappa shape index (κ3) is 8.09. The van der Waals surface area contributed by atoms with Gasteiger partial charge >= 0.3 is 12.2 Å². The summed E-state index contributed by atoms with van der Waals surface area (Å²) in [4.78, 5) is 32.5. The SMILES string of the molecule is CN(C)CCN(C)C(=O)c1cncc(Oc2ccc(NC(=O)Nc3ccc(Cl)c(C(F)(F)F)c3)cc2)c1. The fourth-order valence-electron chi connectivity index (χ4n) is 3.12. The number of pyridine rings is 1. The second kappa shape index (κ2) is 11.9. The molecule has 0 aliphatic carbocycles. The van der Waals surface area contributed by atoms with E-state index in [2.05, 4.69) is 15.6 Å². The van der Waals surface area contributed by atoms with Crippen LogP contribution in [0.1, 0.15) is 15.9 Å². The van der Waals surface area contributed by atoms with Crippen molar-refractivity contribution in [3.05, 3.63) is 77.1 Å². The van der Waals surface area contributed by atoms with Gasteiger partial charge in [0.15, 0.2) is 0 Å². The average Bonchev–Trinajstić information content (AvgIpc) is 2.84. The average molecular weight is 536 g/mol. The lowest BCUT2D eigenvalue weighted by Gasteiger charge is -2.19. The Morgan fingerprint density at radius 2 is 1.57 bits per heavy atom. The van der Waals surface area contributed by atoms with Gasteiger partial charge in [-0.15, -0.1) is 0 Å². The number of halogens is 4. The molecule has 0 fully saturated rings. The van der Waals surface area contributed by atoms with E-state index < -0.39 is 22.8 Å². The molecule has 12 heteroatoms. The highest BCUT2D eigenvalue weighted by Crippen LogP contribution is 2.36. The molecule has 37 heavy (non-hydrogen) atoms. The molecule has 0 unspecified atom stereocenters. The Labute approximate surface area is 217 Å². The van der Waals surface area contributed by atoms with Crippen molar-refractivity contribution in [2.24, 2.45) is 0 Å². The van der Waals surface area contributed by atoms with Gasteiger partial charge in [0.05, 0.1) is 22.3 Å². The maximum Gasteiger partial charge on any atom is 0.417 e. The van der Waals surface area contributed by atoms with Gasteiger partial charge in [-0.25, -0.2) is 4.79 Å². The summed E-state index contributed by atoms with van der Waals surface area (Å²) in [7, 11) is 5.56. The van der Waals surface area contributed by atoms with Crippen LogP contribution in [0.15, 0.2) is 60.9 Å². The molecule has 1 aromatic heterocycles. The van der Waals surface area contributed by atoms with Gasteiger partial charge in [0.2, 0.25) is 0 Å². The number of carbonyl (C=O) groups excluding carboxylic acids is 2. The van der Waals surface area contributed by atoms with Gasteiger partial charge in [-0.3, -0.25) is 9.78 Å². The molecule has 3 amide bonds. The topological polar surface area (TPSA) is 86.8 Å². The molecular formula is C25H25ClF3N5O3. The zero-order chi connectivity index (χ0) is 27.2. The molecule has 1 heterocycles. The first-order chi connectivity index (χ1) is 17.4. The largest absolute Gasteiger partial charge is 0.456 e. The van der Waals surface area contributed by atoms with Crippen molar-refractivity contribution < 1.29 is 27.5 Å². The van der Waals surface area contributed by atoms with Crippen molar-refractivity contribution in [1.82, 2.24) is 14.8 Å². The van der Waals surface area contributed by atoms with E-state index in [0.29, 0.717) is 29.3 Å². The smallest absolute Gasteiger partial charge is 0.417 e. The highest BCUT2D eigenvalue weighted by Gasteiger charge is 2.33. The predicted octanol–water partition coefficient (Wildman–Crippen LogP) is 5.82. The summed E-state index contributed by atoms with van der Waals surface area (Å²) in [5.41, 5.74) is -0.360. The highest BCUT2D eigenvalue weighted by molar-refractivity contribution is 6.31. The molecule has 0 saturated carbocycles. The summed E-state index contributed by atoms with van der Waals surface area (Å²) in [5, 5.41) is 4.40. The molecule has 0 saturated heterocycles. The monoisotopic (exact) mass is 535 g/mol. The van der Waals surface area contributed by atoms with Crippen LogP contribution in [-0.2, 0) is 6.18 Å². The summed E-state index contributed by atoms with van der Waals surface area (Å²) >= 11 is 5.60. The number of hydrogen-bond donors (Lipinski definition) is 2. The van der Waals surface area contributed by atoms with E-state index in [1.165, 1.54) is 18.5 Å². The second-order valence-corrected chi connectivity index (χ2v) is 8.74. The summed E-state index contributed by atoms with van der Waals surface area (Å²) in [5.74, 6) is 0.591. The van der Waals surface area contributed by atoms with E-state index in [9.17, 15) is 22.8 Å². The van der Waals surface area contributed by atoms with Crippen molar-refractivity contribution in [3.8, 4) is 11.5 Å². The van der Waals surface area contributed by atoms with E-state index in [0.717, 1.165) is 18.7 Å². The summed E-state index contributed by atoms with van der Waals surface area (Å²) in [6.45, 7) is 1.28. The third-order valence-electron chi connectivity index (χ3n) is 5.07. The Bertz CT molecular complexity index is 1250. The molecule has 0 aliphatic rings. The highest BCUT2D eigenvalue weighted by atomic mass is 35.5. The van der Waals surface area contributed by atoms with Crippen molar-refractivity contribution >= 4 is 34.9 Å². The van der Waals surface area contributed by atoms with Gasteiger partial charge in [0.25, 0.3) is 5.91 Å². The number of nitrogens with zero attached hydrogens (tertiary/aromatic N) is 3. The number of carbonyl (C=O) groups is 2. The molecule has 3 aromatic rings. The molecule has 3 rings (SSSR count). The lowest BCUT2D eigenvalue weighted by molar-refractivity contribution is -0.137. The lowest BCUT2D eigenvalue weighted by atomic mass is 10.2. The van der Waals surface area contributed by atoms with E-state index in [1.54, 1.807) is 42.3 Å². The number of hydrogen-bond acceptors (Lipinski definition) is 5. The van der Waals surface area contributed by atoms with Crippen molar-refractivity contribution in [2.75, 3.05) is 44.9 Å². The van der Waals surface area contributed by atoms with Gasteiger partial charge in [0.1, 0.15) is 11.5 Å². The molecule has 2 N–H and O–H groups in total. The number of benzene rings is 2. The second-order valence-electron chi connectivity index (χ2n) is 8.34. The van der Waals surface area contributed by atoms with Gasteiger partial charge in [-0.05, 0) is 62.6 Å². The fraction of sp³-hybridized carbons (Fsp3) is 0.240. The van der Waals surface area contributed by atoms with Gasteiger partial charge in [0, 0.05) is 37.7 Å². The molecule has 0 bridgehead atoms. The minimum absolute atomic E-state index is 0.0662. The normalized spacial score (nSPS) is 11.2. The molecule has 2 aromatic carbocycles. The summed E-state index contributed by atoms with van der Waals surface area (Å²) in [6.07, 6.45) is -1.71. The van der Waals surface area contributed by atoms with E-state index in [4.69, 9.17) is 16.3 Å². The van der Waals surface area contributed by atoms with Crippen molar-refractivity contribution in [2.45, 2.75) is 6.18 Å². The van der Waals surface area contributed by atoms with Crippen LogP contribution in [-0.4, -0.2) is 61.0 Å². The minimum atomic E-state index is -4.65. The van der Waals surface area contributed by atoms with E-state index in [1.807, 2.05) is 19.0 Å². The molecule has 196 valence electrons. The molecule has 0 spiro atoms. The third-order valence-corrected chi connectivity index (χ3v) is 5.40. The van der Waals surface area contributed by atoms with E-state index >= 15 is 0 Å². The Kier molecular flexibility index (Phi) is 8.95. The number of amides is 3. The van der Waals surface area contributed by atoms with Crippen LogP contribution in [0.3, 0.4) is 0 Å². The summed E-state index contributed by atoms with van der Waals surface area (Å²) < 4.78 is 44.8. The molecule has 8 nitrogen and oxygen atoms in total. The van der Waals surface area contributed by atoms with Crippen LogP contribution in [0, 0.1) is 0 Å². The molecule has 0 radical (unpaired) electrons. The van der Waals surface area contributed by atoms with Crippen LogP contribution < -0.4 is 15.4 Å². The first-order valence-electron chi connectivity index (χ1n) is 11.0. The van der Waals surface area contributed by atoms with Crippen LogP contribution in [0.5, 0.6) is 11.5 Å². The summed E-state index contributed by atoms with van der Waals surface area (Å²) in [6, 6.07) is 10.2. The van der Waals surface area contributed by atoms with Gasteiger partial charge in [-0.1, -0.05) is 11.6 Å². The lowest BCUT2D eigenvalue weighted by Crippen LogP contribution is -2.33. The Morgan fingerprint density at radius 3 is 2.22 bits per heavy atom. The maximum absolute atomic E-state index is 13.0. The zero-order valence-corrected chi connectivity index (χ0v) is 21.0. The minimum Gasteiger partial charge on any atom is -0.456 e. The van der Waals surface area contributed by atoms with E-state index in [-0.39, 0.29) is 11.6 Å². The van der Waals surface area contributed by atoms with Crippen molar-refractivity contribution in [3.63, 3.8) is 0 Å². The quantitative estimate of drug-likeness (QED) is 0.379. The van der Waals surface area contributed by atoms with Crippen LogP contribution in [0.25, 0.3) is 0 Å². The van der Waals surface area contributed by atoms with Crippen molar-refractivity contribution in [1.29, 1.82) is 0 Å². The molecule has 0 aliphatic heterocycles. The number of alkyl halides is 3. The predicted molar refractivity (Wildman–Crippen MR) is 135 cm³/mol. The number of likely N-dealkylation sites (N-methyl/N-ethyl adjacent to an activating group) is 2. The Hall–Kier alpha value is -3.83. The van der Waals surface area contributed by atoms with Crippen LogP contribution in [0.2, 0.25) is 5.02 Å². The van der Waals surface area contributed by atoms with Crippen LogP contribution >= 0.6 is 11.6 Å².